The van der Waals surface area contributed by atoms with Crippen LogP contribution in [-0.2, 0) is 35.1 Å². The number of allylic oxidation sites excluding steroid dienone is 1. The number of ether oxygens (including phenoxy) is 1. The van der Waals surface area contributed by atoms with Crippen molar-refractivity contribution in [1.29, 1.82) is 0 Å². The van der Waals surface area contributed by atoms with E-state index in [1.54, 1.807) is 13.8 Å². The van der Waals surface area contributed by atoms with Crippen LogP contribution in [0.4, 0.5) is 0 Å². The Kier molecular flexibility index (Phi) is 26.4. The first-order valence-corrected chi connectivity index (χ1v) is 20.2. The zero-order valence-electron chi connectivity index (χ0n) is 35.1. The number of ketones is 1. The molecule has 12 nitrogen and oxygen atoms in total. The third-order valence-corrected chi connectivity index (χ3v) is 8.87. The molecule has 0 bridgehead atoms. The molecule has 0 radical (unpaired) electrons. The Morgan fingerprint density at radius 1 is 0.839 bits per heavy atom. The summed E-state index contributed by atoms with van der Waals surface area (Å²) in [5.41, 5.74) is 7.33. The predicted octanol–water partition coefficient (Wildman–Crippen LogP) is 6.25. The summed E-state index contributed by atoms with van der Waals surface area (Å²) in [7, 11) is 0. The summed E-state index contributed by atoms with van der Waals surface area (Å²) in [5.74, 6) is -2.17. The summed E-state index contributed by atoms with van der Waals surface area (Å²) < 4.78 is 5.23. The van der Waals surface area contributed by atoms with Crippen LogP contribution in [0.1, 0.15) is 92.7 Å². The Balaban J connectivity index is 0.00000144. The van der Waals surface area contributed by atoms with Crippen molar-refractivity contribution in [2.24, 2.45) is 17.6 Å². The van der Waals surface area contributed by atoms with Gasteiger partial charge in [-0.25, -0.2) is 0 Å². The lowest BCUT2D eigenvalue weighted by atomic mass is 9.93. The van der Waals surface area contributed by atoms with E-state index in [0.29, 0.717) is 24.4 Å². The van der Waals surface area contributed by atoms with Crippen LogP contribution < -0.4 is 27.0 Å². The average Bonchev–Trinajstić information content (AvgIpc) is 3.94. The molecule has 1 aliphatic rings. The fourth-order valence-corrected chi connectivity index (χ4v) is 5.43. The van der Waals surface area contributed by atoms with Gasteiger partial charge in [0.25, 0.3) is 0 Å². The van der Waals surface area contributed by atoms with Crippen molar-refractivity contribution < 1.29 is 33.8 Å². The standard InChI is InChI=1S/C26H43N5O7S.C8H10.C7H8.C2H6/c1-7-23(35)39-17(11-27)10-20(32)28-12-21(33)31-19(9-16(4)5)25(37)29-13-22(34)30-18(8-15(2)3)24(36)26(6)14-38-26;1-2-8-6-4-3-5-7-8;1-7-5-3-2-4-6-7;1-2/h7,11,15-16,18-19,35H,8-10,12-14,27H2,1-6H3,(H,28,32)(H,29,37)(H,30,34)(H,31,33);3-7H,2H2,1H3;2-6H,1H3;1-2H3/b17-11-,23-7+;;;/t18-,19-,26+;;;/m0.../s1. The van der Waals surface area contributed by atoms with Crippen molar-refractivity contribution in [2.75, 3.05) is 19.7 Å². The normalized spacial score (nSPS) is 15.6. The SMILES string of the molecule is C/C=C(\O)S/C(=C\N)CC(=O)NCC(=O)N[C@@H](CC(C)C)C(=O)NCC(=O)N[C@@H](CC(C)C)C(=O)[C@@]1(C)CO1.CC.CCc1ccccc1.Cc1ccccc1. The molecule has 3 rings (SSSR count). The maximum atomic E-state index is 12.8. The molecule has 0 saturated carbocycles. The quantitative estimate of drug-likeness (QED) is 0.0748. The molecular formula is C43H67N5O7S. The first-order chi connectivity index (χ1) is 26.5. The van der Waals surface area contributed by atoms with Crippen LogP contribution >= 0.6 is 11.8 Å². The number of hydrogen-bond acceptors (Lipinski definition) is 9. The lowest BCUT2D eigenvalue weighted by Gasteiger charge is -2.22. The van der Waals surface area contributed by atoms with Gasteiger partial charge in [-0.3, -0.25) is 24.0 Å². The van der Waals surface area contributed by atoms with Gasteiger partial charge >= 0.3 is 0 Å². The van der Waals surface area contributed by atoms with Crippen LogP contribution in [0.3, 0.4) is 0 Å². The van der Waals surface area contributed by atoms with Crippen LogP contribution in [0.25, 0.3) is 0 Å². The Morgan fingerprint density at radius 3 is 1.73 bits per heavy atom. The minimum absolute atomic E-state index is 0.0123. The number of nitrogens with two attached hydrogens (primary N) is 1. The highest BCUT2D eigenvalue weighted by Crippen LogP contribution is 2.29. The van der Waals surface area contributed by atoms with E-state index in [0.717, 1.165) is 18.2 Å². The molecule has 0 unspecified atom stereocenters. The Hall–Kier alpha value is -4.62. The number of thioether (sulfide) groups is 1. The van der Waals surface area contributed by atoms with Gasteiger partial charge in [0, 0.05) is 11.1 Å². The predicted molar refractivity (Wildman–Crippen MR) is 227 cm³/mol. The van der Waals surface area contributed by atoms with Gasteiger partial charge in [-0.1, -0.05) is 126 Å². The third kappa shape index (κ3) is 23.3. The smallest absolute Gasteiger partial charge is 0.243 e. The number of benzene rings is 2. The molecule has 13 heteroatoms. The topological polar surface area (TPSA) is 192 Å². The van der Waals surface area contributed by atoms with Gasteiger partial charge in [-0.05, 0) is 63.5 Å². The van der Waals surface area contributed by atoms with Gasteiger partial charge in [0.15, 0.2) is 5.78 Å². The molecule has 7 N–H and O–H groups in total. The summed E-state index contributed by atoms with van der Waals surface area (Å²) in [5, 5.41) is 19.8. The number of aliphatic hydroxyl groups is 1. The number of aryl methyl sites for hydroxylation is 2. The molecule has 2 aromatic rings. The van der Waals surface area contributed by atoms with Crippen LogP contribution in [0.5, 0.6) is 0 Å². The van der Waals surface area contributed by atoms with Gasteiger partial charge in [-0.2, -0.15) is 0 Å². The molecule has 4 amide bonds. The van der Waals surface area contributed by atoms with Crippen LogP contribution in [-0.4, -0.2) is 71.9 Å². The number of nitrogens with one attached hydrogen (secondary N) is 4. The molecule has 1 saturated heterocycles. The number of Topliss-reactive ketones (excluding diaryl/α,β-unsaturated/α-hetero) is 1. The van der Waals surface area contributed by atoms with E-state index in [1.807, 2.05) is 65.8 Å². The number of rotatable bonds is 18. The van der Waals surface area contributed by atoms with Crippen molar-refractivity contribution in [2.45, 2.75) is 113 Å². The van der Waals surface area contributed by atoms with E-state index < -0.39 is 41.3 Å². The van der Waals surface area contributed by atoms with E-state index >= 15 is 0 Å². The van der Waals surface area contributed by atoms with E-state index in [2.05, 4.69) is 71.5 Å². The van der Waals surface area contributed by atoms with Crippen molar-refractivity contribution in [3.05, 3.63) is 94.1 Å². The minimum atomic E-state index is -0.934. The molecule has 0 spiro atoms. The molecule has 2 aromatic carbocycles. The van der Waals surface area contributed by atoms with Crippen LogP contribution in [0, 0.1) is 18.8 Å². The second kappa shape index (κ2) is 28.7. The Labute approximate surface area is 339 Å². The summed E-state index contributed by atoms with van der Waals surface area (Å²) in [4.78, 5) is 63.1. The second-order valence-corrected chi connectivity index (χ2v) is 15.1. The Bertz CT molecular complexity index is 1530. The maximum absolute atomic E-state index is 12.8. The van der Waals surface area contributed by atoms with Crippen LogP contribution in [0.15, 0.2) is 82.9 Å². The first kappa shape index (κ1) is 51.4. The maximum Gasteiger partial charge on any atom is 0.243 e. The number of carbonyl (C=O) groups excluding carboxylic acids is 5. The number of carbonyl (C=O) groups is 5. The summed E-state index contributed by atoms with van der Waals surface area (Å²) in [6.07, 6.45) is 4.40. The van der Waals surface area contributed by atoms with E-state index in [-0.39, 0.29) is 42.2 Å². The molecule has 56 heavy (non-hydrogen) atoms. The number of epoxide rings is 1. The highest BCUT2D eigenvalue weighted by Gasteiger charge is 2.50. The number of hydrogen-bond donors (Lipinski definition) is 6. The molecule has 0 aliphatic carbocycles. The third-order valence-electron chi connectivity index (χ3n) is 7.88. The van der Waals surface area contributed by atoms with Gasteiger partial charge < -0.3 is 36.8 Å². The lowest BCUT2D eigenvalue weighted by molar-refractivity contribution is -0.132. The second-order valence-electron chi connectivity index (χ2n) is 13.9. The molecule has 1 aliphatic heterocycles. The minimum Gasteiger partial charge on any atom is -0.502 e. The molecule has 0 aromatic heterocycles. The first-order valence-electron chi connectivity index (χ1n) is 19.3. The highest BCUT2D eigenvalue weighted by molar-refractivity contribution is 8.06. The molecule has 1 heterocycles. The monoisotopic (exact) mass is 797 g/mol. The molecular weight excluding hydrogens is 731 g/mol. The summed E-state index contributed by atoms with van der Waals surface area (Å²) >= 11 is 0.929. The molecule has 312 valence electrons. The zero-order valence-corrected chi connectivity index (χ0v) is 35.9. The van der Waals surface area contributed by atoms with Crippen molar-refractivity contribution >= 4 is 41.2 Å². The highest BCUT2D eigenvalue weighted by atomic mass is 32.2. The van der Waals surface area contributed by atoms with E-state index in [9.17, 15) is 29.1 Å². The van der Waals surface area contributed by atoms with E-state index in [4.69, 9.17) is 10.5 Å². The Morgan fingerprint density at radius 2 is 1.32 bits per heavy atom. The average molecular weight is 798 g/mol. The van der Waals surface area contributed by atoms with E-state index in [1.165, 1.54) is 23.4 Å². The molecule has 1 fully saturated rings. The van der Waals surface area contributed by atoms with Crippen molar-refractivity contribution in [1.82, 2.24) is 21.3 Å². The summed E-state index contributed by atoms with van der Waals surface area (Å²) in [6, 6.07) is 19.1. The van der Waals surface area contributed by atoms with Gasteiger partial charge in [0.2, 0.25) is 23.6 Å². The number of amides is 4. The van der Waals surface area contributed by atoms with Crippen molar-refractivity contribution in [3.8, 4) is 0 Å². The fraction of sp³-hybridized carbons (Fsp3) is 0.512. The largest absolute Gasteiger partial charge is 0.502 e. The lowest BCUT2D eigenvalue weighted by Crippen LogP contribution is -2.53. The number of aliphatic hydroxyl groups excluding tert-OH is 1. The zero-order chi connectivity index (χ0) is 42.7. The van der Waals surface area contributed by atoms with Gasteiger partial charge in [0.05, 0.1) is 32.2 Å². The molecule has 3 atom stereocenters. The van der Waals surface area contributed by atoms with Crippen LogP contribution in [0.2, 0.25) is 0 Å². The summed E-state index contributed by atoms with van der Waals surface area (Å²) in [6.45, 7) is 18.8. The fourth-order valence-electron chi connectivity index (χ4n) is 4.78. The van der Waals surface area contributed by atoms with Crippen molar-refractivity contribution in [3.63, 3.8) is 0 Å². The van der Waals surface area contributed by atoms with Gasteiger partial charge in [-0.15, -0.1) is 0 Å². The van der Waals surface area contributed by atoms with Gasteiger partial charge in [0.1, 0.15) is 16.7 Å².